The quantitative estimate of drug-likeness (QED) is 0.582. The predicted octanol–water partition coefficient (Wildman–Crippen LogP) is 4.00. The van der Waals surface area contributed by atoms with Crippen LogP contribution in [0.2, 0.25) is 0 Å². The number of hydrogen-bond donors (Lipinski definition) is 0. The molecule has 0 amide bonds. The van der Waals surface area contributed by atoms with E-state index < -0.39 is 0 Å². The molecule has 0 aliphatic heterocycles. The molecule has 0 bridgehead atoms. The van der Waals surface area contributed by atoms with Gasteiger partial charge in [-0.3, -0.25) is 4.79 Å². The van der Waals surface area contributed by atoms with Gasteiger partial charge in [-0.05, 0) is 36.6 Å². The first kappa shape index (κ1) is 12.4. The normalized spacial score (nSPS) is 23.1. The molecule has 0 aromatic carbocycles. The van der Waals surface area contributed by atoms with Crippen LogP contribution >= 0.6 is 11.3 Å². The first-order chi connectivity index (χ1) is 8.33. The van der Waals surface area contributed by atoms with Gasteiger partial charge in [-0.1, -0.05) is 25.3 Å². The molecule has 0 spiro atoms. The summed E-state index contributed by atoms with van der Waals surface area (Å²) in [6.07, 6.45) is 5.18. The molecule has 1 aliphatic carbocycles. The molecule has 1 aliphatic rings. The number of carbonyl (C=O) groups excluding carboxylic acids is 1. The third-order valence-electron chi connectivity index (χ3n) is 3.35. The van der Waals surface area contributed by atoms with E-state index in [4.69, 9.17) is 0 Å². The first-order valence-electron chi connectivity index (χ1n) is 6.39. The molecule has 1 aromatic heterocycles. The second kappa shape index (κ2) is 6.02. The molecule has 0 radical (unpaired) electrons. The van der Waals surface area contributed by atoms with Crippen molar-refractivity contribution in [1.29, 1.82) is 0 Å². The van der Waals surface area contributed by atoms with Gasteiger partial charge in [0.2, 0.25) is 5.78 Å². The first-order valence-corrected chi connectivity index (χ1v) is 7.27. The molecule has 1 fully saturated rings. The fourth-order valence-corrected chi connectivity index (χ4v) is 3.41. The van der Waals surface area contributed by atoms with E-state index in [1.54, 1.807) is 11.3 Å². The highest BCUT2D eigenvalue weighted by molar-refractivity contribution is 7.10. The van der Waals surface area contributed by atoms with E-state index in [1.165, 1.54) is 4.88 Å². The lowest BCUT2D eigenvalue weighted by molar-refractivity contribution is -0.117. The second-order valence-electron chi connectivity index (χ2n) is 4.58. The molecule has 1 heterocycles. The van der Waals surface area contributed by atoms with Crippen LogP contribution < -0.4 is 0 Å². The van der Waals surface area contributed by atoms with Crippen molar-refractivity contribution in [3.63, 3.8) is 0 Å². The van der Waals surface area contributed by atoms with Crippen molar-refractivity contribution >= 4 is 17.1 Å². The minimum absolute atomic E-state index is 0.151. The van der Waals surface area contributed by atoms with Gasteiger partial charge in [0.1, 0.15) is 0 Å². The standard InChI is InChI=1S/C15H18OS/c1-2-3-4-9-14(16)12-7-5-8-13(12)15-10-6-11-17-15/h6,10-13H,2-3,5,7-8H2,1H3/t12-,13+/m1/s1. The number of Topliss-reactive ketones (excluding diaryl/α,β-unsaturated/α-hetero) is 1. The zero-order valence-corrected chi connectivity index (χ0v) is 11.1. The van der Waals surface area contributed by atoms with E-state index in [1.807, 2.05) is 0 Å². The van der Waals surface area contributed by atoms with Crippen LogP contribution in [0.4, 0.5) is 0 Å². The summed E-state index contributed by atoms with van der Waals surface area (Å²) in [6, 6.07) is 4.23. The molecule has 1 aromatic rings. The Morgan fingerprint density at radius 2 is 2.41 bits per heavy atom. The number of hydrogen-bond acceptors (Lipinski definition) is 2. The SMILES string of the molecule is CCCC#CC(=O)[C@@H]1CCC[C@@H]1c1cccs1. The number of ketones is 1. The largest absolute Gasteiger partial charge is 0.285 e. The molecule has 0 saturated heterocycles. The maximum atomic E-state index is 12.1. The summed E-state index contributed by atoms with van der Waals surface area (Å²) >= 11 is 1.77. The van der Waals surface area contributed by atoms with Crippen molar-refractivity contribution in [3.8, 4) is 11.8 Å². The minimum Gasteiger partial charge on any atom is -0.285 e. The lowest BCUT2D eigenvalue weighted by atomic mass is 9.91. The Bertz CT molecular complexity index is 422. The number of carbonyl (C=O) groups is 1. The molecular formula is C15H18OS. The molecular weight excluding hydrogens is 228 g/mol. The van der Waals surface area contributed by atoms with Gasteiger partial charge in [-0.15, -0.1) is 11.3 Å². The van der Waals surface area contributed by atoms with Crippen molar-refractivity contribution in [1.82, 2.24) is 0 Å². The van der Waals surface area contributed by atoms with Crippen molar-refractivity contribution in [2.45, 2.75) is 44.9 Å². The zero-order valence-electron chi connectivity index (χ0n) is 10.2. The fraction of sp³-hybridized carbons (Fsp3) is 0.533. The van der Waals surface area contributed by atoms with Crippen LogP contribution in [-0.2, 0) is 4.79 Å². The summed E-state index contributed by atoms with van der Waals surface area (Å²) in [7, 11) is 0. The van der Waals surface area contributed by atoms with E-state index in [-0.39, 0.29) is 11.7 Å². The lowest BCUT2D eigenvalue weighted by Crippen LogP contribution is -2.15. The summed E-state index contributed by atoms with van der Waals surface area (Å²) in [5.41, 5.74) is 0. The van der Waals surface area contributed by atoms with Gasteiger partial charge < -0.3 is 0 Å². The van der Waals surface area contributed by atoms with E-state index >= 15 is 0 Å². The third-order valence-corrected chi connectivity index (χ3v) is 4.35. The van der Waals surface area contributed by atoms with E-state index in [9.17, 15) is 4.79 Å². The maximum Gasteiger partial charge on any atom is 0.209 e. The Morgan fingerprint density at radius 1 is 1.53 bits per heavy atom. The van der Waals surface area contributed by atoms with E-state index in [0.717, 1.165) is 32.1 Å². The Labute approximate surface area is 107 Å². The molecule has 1 nitrogen and oxygen atoms in total. The highest BCUT2D eigenvalue weighted by atomic mass is 32.1. The lowest BCUT2D eigenvalue weighted by Gasteiger charge is -2.14. The van der Waals surface area contributed by atoms with Crippen molar-refractivity contribution in [2.75, 3.05) is 0 Å². The predicted molar refractivity (Wildman–Crippen MR) is 72.1 cm³/mol. The van der Waals surface area contributed by atoms with Crippen LogP contribution in [0, 0.1) is 17.8 Å². The maximum absolute atomic E-state index is 12.1. The topological polar surface area (TPSA) is 17.1 Å². The second-order valence-corrected chi connectivity index (χ2v) is 5.55. The summed E-state index contributed by atoms with van der Waals surface area (Å²) in [5.74, 6) is 6.56. The zero-order chi connectivity index (χ0) is 12.1. The molecule has 17 heavy (non-hydrogen) atoms. The van der Waals surface area contributed by atoms with Crippen LogP contribution in [0.1, 0.15) is 49.8 Å². The molecule has 0 unspecified atom stereocenters. The van der Waals surface area contributed by atoms with Gasteiger partial charge >= 0.3 is 0 Å². The average molecular weight is 246 g/mol. The van der Waals surface area contributed by atoms with Crippen LogP contribution in [-0.4, -0.2) is 5.78 Å². The highest BCUT2D eigenvalue weighted by Gasteiger charge is 2.33. The molecule has 2 heteroatoms. The fourth-order valence-electron chi connectivity index (χ4n) is 2.48. The van der Waals surface area contributed by atoms with Crippen molar-refractivity contribution in [2.24, 2.45) is 5.92 Å². The van der Waals surface area contributed by atoms with Crippen LogP contribution in [0.5, 0.6) is 0 Å². The molecule has 1 saturated carbocycles. The van der Waals surface area contributed by atoms with Crippen LogP contribution in [0.25, 0.3) is 0 Å². The third kappa shape index (κ3) is 2.98. The Kier molecular flexibility index (Phi) is 4.39. The molecule has 90 valence electrons. The Hall–Kier alpha value is -1.07. The number of rotatable bonds is 3. The average Bonchev–Trinajstić information content (AvgIpc) is 2.99. The van der Waals surface area contributed by atoms with Crippen molar-refractivity contribution < 1.29 is 4.79 Å². The van der Waals surface area contributed by atoms with Crippen LogP contribution in [0.3, 0.4) is 0 Å². The highest BCUT2D eigenvalue weighted by Crippen LogP contribution is 2.41. The molecule has 2 rings (SSSR count). The summed E-state index contributed by atoms with van der Waals surface area (Å²) < 4.78 is 0. The van der Waals surface area contributed by atoms with Gasteiger partial charge in [0.25, 0.3) is 0 Å². The number of unbranched alkanes of at least 4 members (excludes halogenated alkanes) is 1. The summed E-state index contributed by atoms with van der Waals surface area (Å²) in [4.78, 5) is 13.4. The summed E-state index contributed by atoms with van der Waals surface area (Å²) in [6.45, 7) is 2.09. The van der Waals surface area contributed by atoms with Gasteiger partial charge in [0, 0.05) is 23.1 Å². The Balaban J connectivity index is 2.05. The van der Waals surface area contributed by atoms with E-state index in [0.29, 0.717) is 5.92 Å². The molecule has 2 atom stereocenters. The van der Waals surface area contributed by atoms with Crippen LogP contribution in [0.15, 0.2) is 17.5 Å². The van der Waals surface area contributed by atoms with Gasteiger partial charge in [0.15, 0.2) is 0 Å². The summed E-state index contributed by atoms with van der Waals surface area (Å²) in [5, 5.41) is 2.10. The van der Waals surface area contributed by atoms with Crippen molar-refractivity contribution in [3.05, 3.63) is 22.4 Å². The monoisotopic (exact) mass is 246 g/mol. The van der Waals surface area contributed by atoms with E-state index in [2.05, 4.69) is 36.3 Å². The van der Waals surface area contributed by atoms with Gasteiger partial charge in [-0.25, -0.2) is 0 Å². The van der Waals surface area contributed by atoms with Gasteiger partial charge in [-0.2, -0.15) is 0 Å². The molecule has 0 N–H and O–H groups in total. The Morgan fingerprint density at radius 3 is 3.12 bits per heavy atom. The minimum atomic E-state index is 0.151. The smallest absolute Gasteiger partial charge is 0.209 e. The van der Waals surface area contributed by atoms with Gasteiger partial charge in [0.05, 0.1) is 0 Å². The number of thiophene rings is 1.